The average molecular weight is 316 g/mol. The fraction of sp³-hybridized carbons (Fsp3) is 0.316. The van der Waals surface area contributed by atoms with Crippen LogP contribution in [0.1, 0.15) is 41.6 Å². The van der Waals surface area contributed by atoms with Crippen molar-refractivity contribution in [3.63, 3.8) is 0 Å². The highest BCUT2D eigenvalue weighted by molar-refractivity contribution is 6.30. The monoisotopic (exact) mass is 315 g/mol. The van der Waals surface area contributed by atoms with E-state index in [2.05, 4.69) is 37.4 Å². The third-order valence-electron chi connectivity index (χ3n) is 3.82. The molecule has 0 saturated heterocycles. The smallest absolute Gasteiger partial charge is 0.220 e. The van der Waals surface area contributed by atoms with Gasteiger partial charge in [-0.05, 0) is 56.0 Å². The van der Waals surface area contributed by atoms with Crippen LogP contribution in [0.25, 0.3) is 0 Å². The normalized spacial score (nSPS) is 12.0. The first-order valence-corrected chi connectivity index (χ1v) is 7.94. The number of rotatable bonds is 5. The van der Waals surface area contributed by atoms with Crippen molar-refractivity contribution in [1.82, 2.24) is 5.32 Å². The number of halogens is 1. The Kier molecular flexibility index (Phi) is 5.62. The van der Waals surface area contributed by atoms with Gasteiger partial charge in [0.2, 0.25) is 5.91 Å². The minimum absolute atomic E-state index is 0.0262. The predicted octanol–water partition coefficient (Wildman–Crippen LogP) is 4.77. The lowest BCUT2D eigenvalue weighted by molar-refractivity contribution is -0.121. The van der Waals surface area contributed by atoms with Crippen molar-refractivity contribution >= 4 is 17.5 Å². The van der Waals surface area contributed by atoms with Gasteiger partial charge in [-0.25, -0.2) is 0 Å². The van der Waals surface area contributed by atoms with Crippen LogP contribution in [-0.4, -0.2) is 5.91 Å². The number of hydrogen-bond donors (Lipinski definition) is 1. The summed E-state index contributed by atoms with van der Waals surface area (Å²) in [6.07, 6.45) is 1.21. The molecule has 0 spiro atoms. The summed E-state index contributed by atoms with van der Waals surface area (Å²) in [6.45, 7) is 6.18. The summed E-state index contributed by atoms with van der Waals surface area (Å²) >= 11 is 5.86. The predicted molar refractivity (Wildman–Crippen MR) is 92.2 cm³/mol. The highest BCUT2D eigenvalue weighted by Crippen LogP contribution is 2.19. The van der Waals surface area contributed by atoms with Crippen molar-refractivity contribution in [3.8, 4) is 0 Å². The lowest BCUT2D eigenvalue weighted by Gasteiger charge is -2.17. The van der Waals surface area contributed by atoms with Gasteiger partial charge in [-0.2, -0.15) is 0 Å². The van der Waals surface area contributed by atoms with Gasteiger partial charge in [0, 0.05) is 11.4 Å². The van der Waals surface area contributed by atoms with Gasteiger partial charge in [-0.1, -0.05) is 47.5 Å². The fourth-order valence-electron chi connectivity index (χ4n) is 2.61. The van der Waals surface area contributed by atoms with E-state index in [1.807, 2.05) is 31.2 Å². The second kappa shape index (κ2) is 7.46. The largest absolute Gasteiger partial charge is 0.350 e. The molecule has 0 aromatic heterocycles. The molecule has 3 heteroatoms. The van der Waals surface area contributed by atoms with E-state index in [-0.39, 0.29) is 11.9 Å². The van der Waals surface area contributed by atoms with Gasteiger partial charge in [0.1, 0.15) is 0 Å². The molecule has 0 fully saturated rings. The maximum Gasteiger partial charge on any atom is 0.220 e. The molecule has 0 heterocycles. The summed E-state index contributed by atoms with van der Waals surface area (Å²) in [4.78, 5) is 12.1. The molecule has 2 aromatic carbocycles. The van der Waals surface area contributed by atoms with Gasteiger partial charge >= 0.3 is 0 Å². The van der Waals surface area contributed by atoms with Crippen molar-refractivity contribution in [1.29, 1.82) is 0 Å². The molecule has 116 valence electrons. The van der Waals surface area contributed by atoms with Gasteiger partial charge < -0.3 is 5.32 Å². The van der Waals surface area contributed by atoms with Crippen LogP contribution < -0.4 is 5.32 Å². The molecule has 2 aromatic rings. The third-order valence-corrected chi connectivity index (χ3v) is 4.08. The van der Waals surface area contributed by atoms with Gasteiger partial charge in [0.05, 0.1) is 6.04 Å². The lowest BCUT2D eigenvalue weighted by atomic mass is 10.00. The summed E-state index contributed by atoms with van der Waals surface area (Å²) in [7, 11) is 0. The van der Waals surface area contributed by atoms with Crippen molar-refractivity contribution in [2.45, 2.75) is 39.7 Å². The van der Waals surface area contributed by atoms with E-state index in [1.165, 1.54) is 16.7 Å². The van der Waals surface area contributed by atoms with Gasteiger partial charge in [0.25, 0.3) is 0 Å². The summed E-state index contributed by atoms with van der Waals surface area (Å²) in [5.74, 6) is 0.0717. The van der Waals surface area contributed by atoms with Gasteiger partial charge in [-0.15, -0.1) is 0 Å². The molecule has 1 atom stereocenters. The first kappa shape index (κ1) is 16.6. The van der Waals surface area contributed by atoms with Crippen molar-refractivity contribution in [2.24, 2.45) is 0 Å². The summed E-state index contributed by atoms with van der Waals surface area (Å²) in [5, 5.41) is 3.79. The lowest BCUT2D eigenvalue weighted by Crippen LogP contribution is -2.27. The zero-order chi connectivity index (χ0) is 16.1. The number of carbonyl (C=O) groups excluding carboxylic acids is 1. The van der Waals surface area contributed by atoms with Crippen molar-refractivity contribution < 1.29 is 4.79 Å². The second-order valence-electron chi connectivity index (χ2n) is 5.78. The third kappa shape index (κ3) is 4.60. The summed E-state index contributed by atoms with van der Waals surface area (Å²) in [6, 6.07) is 14.0. The minimum Gasteiger partial charge on any atom is -0.350 e. The number of aryl methyl sites for hydroxylation is 3. The number of amides is 1. The number of hydrogen-bond acceptors (Lipinski definition) is 1. The Morgan fingerprint density at radius 2 is 1.82 bits per heavy atom. The zero-order valence-electron chi connectivity index (χ0n) is 13.3. The molecule has 0 aliphatic heterocycles. The van der Waals surface area contributed by atoms with Crippen LogP contribution in [0.5, 0.6) is 0 Å². The SMILES string of the molecule is Cc1ccc([C@@H](C)NC(=O)CCc2ccc(Cl)cc2)c(C)c1. The van der Waals surface area contributed by atoms with Crippen LogP contribution >= 0.6 is 11.6 Å². The Labute approximate surface area is 137 Å². The fourth-order valence-corrected chi connectivity index (χ4v) is 2.74. The average Bonchev–Trinajstić information content (AvgIpc) is 2.46. The van der Waals surface area contributed by atoms with Crippen molar-refractivity contribution in [2.75, 3.05) is 0 Å². The van der Waals surface area contributed by atoms with Gasteiger partial charge in [-0.3, -0.25) is 4.79 Å². The van der Waals surface area contributed by atoms with Crippen LogP contribution in [0.2, 0.25) is 5.02 Å². The molecule has 0 aliphatic rings. The molecule has 1 N–H and O–H groups in total. The molecule has 1 amide bonds. The molecule has 0 radical (unpaired) electrons. The van der Waals surface area contributed by atoms with E-state index in [0.717, 1.165) is 17.0 Å². The Bertz CT molecular complexity index is 649. The maximum atomic E-state index is 12.1. The Hall–Kier alpha value is -1.80. The van der Waals surface area contributed by atoms with Crippen LogP contribution in [0.4, 0.5) is 0 Å². The second-order valence-corrected chi connectivity index (χ2v) is 6.21. The highest BCUT2D eigenvalue weighted by Gasteiger charge is 2.11. The molecule has 2 nitrogen and oxygen atoms in total. The van der Waals surface area contributed by atoms with E-state index in [4.69, 9.17) is 11.6 Å². The number of carbonyl (C=O) groups is 1. The van der Waals surface area contributed by atoms with Gasteiger partial charge in [0.15, 0.2) is 0 Å². The maximum absolute atomic E-state index is 12.1. The summed E-state index contributed by atoms with van der Waals surface area (Å²) in [5.41, 5.74) is 4.75. The molecular formula is C19H22ClNO. The molecule has 2 rings (SSSR count). The van der Waals surface area contributed by atoms with Crippen LogP contribution in [0, 0.1) is 13.8 Å². The van der Waals surface area contributed by atoms with Crippen LogP contribution in [0.3, 0.4) is 0 Å². The van der Waals surface area contributed by atoms with E-state index in [1.54, 1.807) is 0 Å². The van der Waals surface area contributed by atoms with Crippen LogP contribution in [-0.2, 0) is 11.2 Å². The molecule has 22 heavy (non-hydrogen) atoms. The van der Waals surface area contributed by atoms with E-state index < -0.39 is 0 Å². The molecule has 0 saturated carbocycles. The number of benzene rings is 2. The van der Waals surface area contributed by atoms with E-state index >= 15 is 0 Å². The molecule has 0 unspecified atom stereocenters. The number of nitrogens with one attached hydrogen (secondary N) is 1. The molecule has 0 bridgehead atoms. The first-order chi connectivity index (χ1) is 10.5. The first-order valence-electron chi connectivity index (χ1n) is 7.56. The Balaban J connectivity index is 1.89. The van der Waals surface area contributed by atoms with Crippen LogP contribution in [0.15, 0.2) is 42.5 Å². The highest BCUT2D eigenvalue weighted by atomic mass is 35.5. The Morgan fingerprint density at radius 1 is 1.14 bits per heavy atom. The topological polar surface area (TPSA) is 29.1 Å². The minimum atomic E-state index is 0.0262. The molecule has 0 aliphatic carbocycles. The van der Waals surface area contributed by atoms with E-state index in [0.29, 0.717) is 6.42 Å². The summed E-state index contributed by atoms with van der Waals surface area (Å²) < 4.78 is 0. The molecular weight excluding hydrogens is 294 g/mol. The standard InChI is InChI=1S/C19H22ClNO/c1-13-4-10-18(14(2)12-13)15(3)21-19(22)11-7-16-5-8-17(20)9-6-16/h4-6,8-10,12,15H,7,11H2,1-3H3,(H,21,22)/t15-/m1/s1. The quantitative estimate of drug-likeness (QED) is 0.846. The zero-order valence-corrected chi connectivity index (χ0v) is 14.1. The Morgan fingerprint density at radius 3 is 2.45 bits per heavy atom. The van der Waals surface area contributed by atoms with E-state index in [9.17, 15) is 4.79 Å². The van der Waals surface area contributed by atoms with Crippen molar-refractivity contribution in [3.05, 3.63) is 69.7 Å².